The minimum absolute atomic E-state index is 0.0378. The third-order valence-electron chi connectivity index (χ3n) is 5.57. The van der Waals surface area contributed by atoms with Crippen molar-refractivity contribution in [1.82, 2.24) is 29.4 Å². The number of carbonyl (C=O) groups is 1. The molecule has 3 aromatic heterocycles. The monoisotopic (exact) mass is 414 g/mol. The van der Waals surface area contributed by atoms with E-state index in [9.17, 15) is 9.59 Å². The van der Waals surface area contributed by atoms with Crippen molar-refractivity contribution in [3.05, 3.63) is 45.6 Å². The molecule has 10 heteroatoms. The van der Waals surface area contributed by atoms with Gasteiger partial charge in [-0.3, -0.25) is 4.79 Å². The molecule has 152 valence electrons. The zero-order valence-electron chi connectivity index (χ0n) is 15.9. The summed E-state index contributed by atoms with van der Waals surface area (Å²) in [6.07, 6.45) is 3.38. The molecule has 1 N–H and O–H groups in total. The van der Waals surface area contributed by atoms with Crippen LogP contribution in [0.2, 0.25) is 0 Å². The summed E-state index contributed by atoms with van der Waals surface area (Å²) in [5.74, 6) is 1.77. The number of likely N-dealkylation sites (tertiary alicyclic amines) is 1. The number of carbonyl (C=O) groups excluding carboxylic acids is 1. The van der Waals surface area contributed by atoms with Crippen molar-refractivity contribution in [2.24, 2.45) is 5.92 Å². The number of nitrogens with zero attached hydrogens (tertiary/aromatic N) is 5. The summed E-state index contributed by atoms with van der Waals surface area (Å²) in [6.45, 7) is 2.83. The summed E-state index contributed by atoms with van der Waals surface area (Å²) in [6, 6.07) is 5.59. The first-order valence-corrected chi connectivity index (χ1v) is 10.8. The standard InChI is InChI=1S/C19H22N6O3S/c26-18(14-12-16-24(22-14)6-2-9-28-16)23-7-4-13(5-8-23)11-15-20-21-19(27)25(15)17-3-1-10-29-17/h1,3,10,12-13H,2,4-9,11H2,(H,21,27). The van der Waals surface area contributed by atoms with E-state index in [0.29, 0.717) is 43.6 Å². The normalized spacial score (nSPS) is 17.2. The molecule has 0 saturated carbocycles. The van der Waals surface area contributed by atoms with Crippen molar-refractivity contribution in [2.45, 2.75) is 32.2 Å². The van der Waals surface area contributed by atoms with Gasteiger partial charge in [0.15, 0.2) is 5.69 Å². The van der Waals surface area contributed by atoms with Gasteiger partial charge in [0.1, 0.15) is 10.8 Å². The van der Waals surface area contributed by atoms with E-state index in [-0.39, 0.29) is 11.6 Å². The zero-order valence-corrected chi connectivity index (χ0v) is 16.7. The first kappa shape index (κ1) is 18.2. The van der Waals surface area contributed by atoms with Gasteiger partial charge in [0.2, 0.25) is 5.88 Å². The van der Waals surface area contributed by atoms with Crippen LogP contribution < -0.4 is 10.4 Å². The number of fused-ring (bicyclic) bond motifs is 1. The van der Waals surface area contributed by atoms with Crippen LogP contribution in [0.15, 0.2) is 28.4 Å². The molecule has 3 aromatic rings. The number of nitrogens with one attached hydrogen (secondary N) is 1. The highest BCUT2D eigenvalue weighted by molar-refractivity contribution is 7.12. The molecule has 0 radical (unpaired) electrons. The highest BCUT2D eigenvalue weighted by Gasteiger charge is 2.28. The Hall–Kier alpha value is -2.88. The lowest BCUT2D eigenvalue weighted by Crippen LogP contribution is -2.39. The third kappa shape index (κ3) is 3.48. The number of hydrogen-bond acceptors (Lipinski definition) is 6. The predicted molar refractivity (Wildman–Crippen MR) is 107 cm³/mol. The fraction of sp³-hybridized carbons (Fsp3) is 0.474. The average Bonchev–Trinajstić information content (AvgIpc) is 3.48. The molecular weight excluding hydrogens is 392 g/mol. The molecule has 1 fully saturated rings. The minimum Gasteiger partial charge on any atom is -0.478 e. The molecule has 1 saturated heterocycles. The number of aromatic amines is 1. The number of thiophene rings is 1. The van der Waals surface area contributed by atoms with Crippen molar-refractivity contribution in [3.8, 4) is 10.9 Å². The number of aryl methyl sites for hydroxylation is 1. The minimum atomic E-state index is -0.207. The maximum atomic E-state index is 12.8. The Balaban J connectivity index is 1.23. The van der Waals surface area contributed by atoms with Crippen molar-refractivity contribution < 1.29 is 9.53 Å². The van der Waals surface area contributed by atoms with E-state index in [0.717, 1.165) is 36.6 Å². The lowest BCUT2D eigenvalue weighted by molar-refractivity contribution is 0.0682. The zero-order chi connectivity index (χ0) is 19.8. The van der Waals surface area contributed by atoms with Crippen LogP contribution in [0.1, 0.15) is 35.6 Å². The van der Waals surface area contributed by atoms with E-state index in [4.69, 9.17) is 4.74 Å². The van der Waals surface area contributed by atoms with E-state index in [1.165, 1.54) is 11.3 Å². The number of ether oxygens (including phenoxy) is 1. The molecule has 1 amide bonds. The van der Waals surface area contributed by atoms with Gasteiger partial charge < -0.3 is 9.64 Å². The highest BCUT2D eigenvalue weighted by Crippen LogP contribution is 2.25. The SMILES string of the molecule is O=C(c1cc2n(n1)CCCO2)N1CCC(Cc2n[nH]c(=O)n2-c2cccs2)CC1. The van der Waals surface area contributed by atoms with Crippen LogP contribution in [0.25, 0.3) is 5.00 Å². The number of piperidine rings is 1. The quantitative estimate of drug-likeness (QED) is 0.701. The van der Waals surface area contributed by atoms with E-state index in [1.54, 1.807) is 15.3 Å². The van der Waals surface area contributed by atoms with Crippen molar-refractivity contribution in [3.63, 3.8) is 0 Å². The van der Waals surface area contributed by atoms with Crippen LogP contribution >= 0.6 is 11.3 Å². The summed E-state index contributed by atoms with van der Waals surface area (Å²) < 4.78 is 8.98. The Morgan fingerprint density at radius 3 is 2.93 bits per heavy atom. The van der Waals surface area contributed by atoms with Crippen LogP contribution in [0.4, 0.5) is 0 Å². The molecule has 29 heavy (non-hydrogen) atoms. The highest BCUT2D eigenvalue weighted by atomic mass is 32.1. The maximum Gasteiger partial charge on any atom is 0.348 e. The second-order valence-corrected chi connectivity index (χ2v) is 8.39. The van der Waals surface area contributed by atoms with Gasteiger partial charge in [0.25, 0.3) is 5.91 Å². The molecule has 0 unspecified atom stereocenters. The molecule has 2 aliphatic rings. The Kier molecular flexibility index (Phi) is 4.70. The molecule has 9 nitrogen and oxygen atoms in total. The Morgan fingerprint density at radius 1 is 1.31 bits per heavy atom. The summed E-state index contributed by atoms with van der Waals surface area (Å²) in [7, 11) is 0. The smallest absolute Gasteiger partial charge is 0.348 e. The first-order chi connectivity index (χ1) is 14.2. The first-order valence-electron chi connectivity index (χ1n) is 9.89. The van der Waals surface area contributed by atoms with Crippen LogP contribution in [0.5, 0.6) is 5.88 Å². The lowest BCUT2D eigenvalue weighted by Gasteiger charge is -2.31. The van der Waals surface area contributed by atoms with Gasteiger partial charge in [-0.2, -0.15) is 10.2 Å². The average molecular weight is 414 g/mol. The number of hydrogen-bond donors (Lipinski definition) is 1. The fourth-order valence-electron chi connectivity index (χ4n) is 4.02. The Bertz CT molecular complexity index is 1030. The van der Waals surface area contributed by atoms with E-state index >= 15 is 0 Å². The van der Waals surface area contributed by atoms with Crippen LogP contribution in [0.3, 0.4) is 0 Å². The van der Waals surface area contributed by atoms with Gasteiger partial charge in [-0.25, -0.2) is 19.1 Å². The van der Waals surface area contributed by atoms with E-state index < -0.39 is 0 Å². The molecule has 5 heterocycles. The number of rotatable bonds is 4. The van der Waals surface area contributed by atoms with Crippen molar-refractivity contribution in [2.75, 3.05) is 19.7 Å². The number of amides is 1. The molecular formula is C19H22N6O3S. The Morgan fingerprint density at radius 2 is 2.17 bits per heavy atom. The van der Waals surface area contributed by atoms with Crippen LogP contribution in [-0.2, 0) is 13.0 Å². The third-order valence-corrected chi connectivity index (χ3v) is 6.42. The summed E-state index contributed by atoms with van der Waals surface area (Å²) >= 11 is 1.52. The summed E-state index contributed by atoms with van der Waals surface area (Å²) in [5.41, 5.74) is 0.250. The van der Waals surface area contributed by atoms with Crippen LogP contribution in [-0.4, -0.2) is 55.0 Å². The molecule has 0 aliphatic carbocycles. The van der Waals surface area contributed by atoms with Gasteiger partial charge in [-0.05, 0) is 36.3 Å². The molecule has 2 aliphatic heterocycles. The van der Waals surface area contributed by atoms with Gasteiger partial charge >= 0.3 is 5.69 Å². The van der Waals surface area contributed by atoms with Gasteiger partial charge in [0.05, 0.1) is 6.61 Å². The second-order valence-electron chi connectivity index (χ2n) is 7.46. The van der Waals surface area contributed by atoms with Crippen molar-refractivity contribution >= 4 is 17.2 Å². The predicted octanol–water partition coefficient (Wildman–Crippen LogP) is 1.70. The maximum absolute atomic E-state index is 12.8. The molecule has 0 bridgehead atoms. The fourth-order valence-corrected chi connectivity index (χ4v) is 4.77. The van der Waals surface area contributed by atoms with E-state index in [1.807, 2.05) is 22.4 Å². The van der Waals surface area contributed by atoms with E-state index in [2.05, 4.69) is 15.3 Å². The lowest BCUT2D eigenvalue weighted by atomic mass is 9.93. The van der Waals surface area contributed by atoms with Crippen molar-refractivity contribution in [1.29, 1.82) is 0 Å². The van der Waals surface area contributed by atoms with Gasteiger partial charge in [0, 0.05) is 38.5 Å². The van der Waals surface area contributed by atoms with Crippen LogP contribution in [0, 0.1) is 5.92 Å². The summed E-state index contributed by atoms with van der Waals surface area (Å²) in [5, 5.41) is 14.0. The molecule has 0 atom stereocenters. The van der Waals surface area contributed by atoms with Gasteiger partial charge in [-0.1, -0.05) is 0 Å². The molecule has 0 aromatic carbocycles. The topological polar surface area (TPSA) is 98.0 Å². The number of aromatic nitrogens is 5. The summed E-state index contributed by atoms with van der Waals surface area (Å²) in [4.78, 5) is 26.8. The second kappa shape index (κ2) is 7.51. The largest absolute Gasteiger partial charge is 0.478 e. The van der Waals surface area contributed by atoms with Gasteiger partial charge in [-0.15, -0.1) is 11.3 Å². The Labute approximate surface area is 170 Å². The number of H-pyrrole nitrogens is 1. The molecule has 0 spiro atoms. The molecule has 5 rings (SSSR count).